The van der Waals surface area contributed by atoms with Crippen molar-refractivity contribution in [2.45, 2.75) is 84.2 Å². The highest BCUT2D eigenvalue weighted by Gasteiger charge is 2.27. The number of amides is 1. The molecule has 1 saturated heterocycles. The van der Waals surface area contributed by atoms with Crippen LogP contribution in [0.4, 0.5) is 4.79 Å². The maximum absolute atomic E-state index is 13.0. The monoisotopic (exact) mass is 726 g/mol. The van der Waals surface area contributed by atoms with Gasteiger partial charge in [-0.15, -0.1) is 0 Å². The SMILES string of the molecule is CC(C)(C)OC(=O)N(Cc1ccc2nc(CN(N)/C=C(\N)c3cc(I)cc4c3cnn4C3CCCCO3)cn2c1)CC1CCC1. The van der Waals surface area contributed by atoms with Crippen molar-refractivity contribution in [2.75, 3.05) is 13.2 Å². The molecule has 11 nitrogen and oxygen atoms in total. The van der Waals surface area contributed by atoms with Crippen molar-refractivity contribution in [1.29, 1.82) is 0 Å². The highest BCUT2D eigenvalue weighted by Crippen LogP contribution is 2.31. The van der Waals surface area contributed by atoms with Crippen molar-refractivity contribution in [2.24, 2.45) is 17.5 Å². The number of fused-ring (bicyclic) bond motifs is 2. The van der Waals surface area contributed by atoms with Crippen molar-refractivity contribution in [1.82, 2.24) is 29.1 Å². The minimum atomic E-state index is -0.541. The zero-order chi connectivity index (χ0) is 31.7. The van der Waals surface area contributed by atoms with Crippen molar-refractivity contribution < 1.29 is 14.3 Å². The van der Waals surface area contributed by atoms with Crippen LogP contribution in [0.3, 0.4) is 0 Å². The van der Waals surface area contributed by atoms with Gasteiger partial charge in [0.25, 0.3) is 0 Å². The van der Waals surface area contributed by atoms with Gasteiger partial charge in [0.05, 0.1) is 36.2 Å². The Kier molecular flexibility index (Phi) is 9.25. The molecule has 3 aromatic heterocycles. The maximum atomic E-state index is 13.0. The molecule has 1 aliphatic heterocycles. The van der Waals surface area contributed by atoms with E-state index in [2.05, 4.69) is 33.8 Å². The van der Waals surface area contributed by atoms with Crippen molar-refractivity contribution in [3.63, 3.8) is 0 Å². The number of hydrogen-bond acceptors (Lipinski definition) is 8. The van der Waals surface area contributed by atoms with Gasteiger partial charge in [-0.3, -0.25) is 0 Å². The van der Waals surface area contributed by atoms with Crippen LogP contribution in [-0.2, 0) is 22.6 Å². The van der Waals surface area contributed by atoms with E-state index in [4.69, 9.17) is 26.0 Å². The summed E-state index contributed by atoms with van der Waals surface area (Å²) < 4.78 is 16.7. The molecular formula is C33H43IN8O3. The molecule has 2 fully saturated rings. The predicted molar refractivity (Wildman–Crippen MR) is 182 cm³/mol. The first-order valence-electron chi connectivity index (χ1n) is 15.7. The Hall–Kier alpha value is -3.36. The number of ether oxygens (including phenoxy) is 2. The lowest BCUT2D eigenvalue weighted by Crippen LogP contribution is -2.40. The number of hydrogen-bond donors (Lipinski definition) is 2. The molecule has 4 heterocycles. The van der Waals surface area contributed by atoms with Crippen LogP contribution in [0, 0.1) is 9.49 Å². The third-order valence-electron chi connectivity index (χ3n) is 8.36. The molecule has 1 aliphatic carbocycles. The van der Waals surface area contributed by atoms with Gasteiger partial charge in [0.1, 0.15) is 11.2 Å². The van der Waals surface area contributed by atoms with Crippen molar-refractivity contribution in [3.05, 3.63) is 69.4 Å². The highest BCUT2D eigenvalue weighted by atomic mass is 127. The summed E-state index contributed by atoms with van der Waals surface area (Å²) in [6.45, 7) is 8.01. The van der Waals surface area contributed by atoms with E-state index in [0.29, 0.717) is 31.2 Å². The summed E-state index contributed by atoms with van der Waals surface area (Å²) in [7, 11) is 0. The fraction of sp³-hybridized carbons (Fsp3) is 0.485. The van der Waals surface area contributed by atoms with E-state index in [-0.39, 0.29) is 12.3 Å². The summed E-state index contributed by atoms with van der Waals surface area (Å²) in [5.41, 5.74) is 11.1. The second-order valence-electron chi connectivity index (χ2n) is 13.2. The number of halogens is 1. The van der Waals surface area contributed by atoms with Crippen molar-refractivity contribution in [3.8, 4) is 0 Å². The number of nitrogens with zero attached hydrogens (tertiary/aromatic N) is 6. The minimum absolute atomic E-state index is 0.0581. The standard InChI is InChI=1S/C33H43IN8O3/c1-33(2,3)45-32(43)40(16-22-7-6-8-22)18-23-10-11-30-38-25(19-39(30)17-23)20-41(36)21-28(35)26-13-24(34)14-29-27(26)15-37-42(29)31-9-4-5-12-44-31/h10-11,13-15,17,19,21-22,31H,4-9,12,16,18,20,35-36H2,1-3H3/b28-21-. The molecule has 1 atom stereocenters. The normalized spacial score (nSPS) is 17.9. The van der Waals surface area contributed by atoms with Gasteiger partial charge in [-0.05, 0) is 105 Å². The van der Waals surface area contributed by atoms with E-state index in [1.165, 1.54) is 6.42 Å². The van der Waals surface area contributed by atoms with Crippen LogP contribution in [-0.4, -0.2) is 53.9 Å². The Balaban J connectivity index is 1.16. The number of carbonyl (C=O) groups is 1. The number of pyridine rings is 1. The molecule has 0 bridgehead atoms. The smallest absolute Gasteiger partial charge is 0.410 e. The van der Waals surface area contributed by atoms with Crippen LogP contribution >= 0.6 is 22.6 Å². The largest absolute Gasteiger partial charge is 0.444 e. The van der Waals surface area contributed by atoms with Crippen LogP contribution in [0.25, 0.3) is 22.2 Å². The molecule has 1 saturated carbocycles. The summed E-state index contributed by atoms with van der Waals surface area (Å²) in [5.74, 6) is 6.98. The molecule has 240 valence electrons. The van der Waals surface area contributed by atoms with Crippen LogP contribution in [0.5, 0.6) is 0 Å². The molecule has 1 amide bonds. The van der Waals surface area contributed by atoms with Crippen LogP contribution in [0.2, 0.25) is 0 Å². The van der Waals surface area contributed by atoms with Crippen molar-refractivity contribution >= 4 is 50.9 Å². The molecule has 4 aromatic rings. The fourth-order valence-corrected chi connectivity index (χ4v) is 6.58. The maximum Gasteiger partial charge on any atom is 0.410 e. The van der Waals surface area contributed by atoms with Gasteiger partial charge in [0.2, 0.25) is 0 Å². The lowest BCUT2D eigenvalue weighted by atomic mass is 9.85. The summed E-state index contributed by atoms with van der Waals surface area (Å²) in [4.78, 5) is 19.6. The minimum Gasteiger partial charge on any atom is -0.444 e. The highest BCUT2D eigenvalue weighted by molar-refractivity contribution is 14.1. The molecule has 0 radical (unpaired) electrons. The summed E-state index contributed by atoms with van der Waals surface area (Å²) in [6, 6.07) is 8.15. The number of rotatable bonds is 9. The summed E-state index contributed by atoms with van der Waals surface area (Å²) >= 11 is 2.31. The van der Waals surface area contributed by atoms with Gasteiger partial charge < -0.3 is 29.5 Å². The van der Waals surface area contributed by atoms with Gasteiger partial charge in [-0.25, -0.2) is 20.3 Å². The molecular weight excluding hydrogens is 683 g/mol. The fourth-order valence-electron chi connectivity index (χ4n) is 5.97. The molecule has 6 rings (SSSR count). The number of aromatic nitrogens is 4. The Labute approximate surface area is 277 Å². The lowest BCUT2D eigenvalue weighted by Gasteiger charge is -2.33. The zero-order valence-electron chi connectivity index (χ0n) is 26.3. The Morgan fingerprint density at radius 3 is 2.69 bits per heavy atom. The number of benzene rings is 1. The van der Waals surface area contributed by atoms with Crippen LogP contribution in [0.1, 0.15) is 82.3 Å². The number of hydrazine groups is 1. The van der Waals surface area contributed by atoms with Crippen LogP contribution in [0.15, 0.2) is 49.1 Å². The second kappa shape index (κ2) is 13.2. The quantitative estimate of drug-likeness (QED) is 0.119. The number of carbonyl (C=O) groups excluding carboxylic acids is 1. The van der Waals surface area contributed by atoms with E-state index >= 15 is 0 Å². The third-order valence-corrected chi connectivity index (χ3v) is 8.98. The topological polar surface area (TPSA) is 129 Å². The first-order chi connectivity index (χ1) is 21.5. The number of imidazole rings is 1. The first-order valence-corrected chi connectivity index (χ1v) is 16.8. The van der Waals surface area contributed by atoms with E-state index in [1.807, 2.05) is 71.5 Å². The van der Waals surface area contributed by atoms with E-state index in [0.717, 1.165) is 75.7 Å². The molecule has 2 aliphatic rings. The van der Waals surface area contributed by atoms with Gasteiger partial charge >= 0.3 is 6.09 Å². The molecule has 1 unspecified atom stereocenters. The van der Waals surface area contributed by atoms with Gasteiger partial charge in [0, 0.05) is 46.3 Å². The Morgan fingerprint density at radius 2 is 1.98 bits per heavy atom. The second-order valence-corrected chi connectivity index (χ2v) is 14.5. The van der Waals surface area contributed by atoms with Gasteiger partial charge in [0.15, 0.2) is 6.23 Å². The van der Waals surface area contributed by atoms with E-state index in [9.17, 15) is 4.79 Å². The summed E-state index contributed by atoms with van der Waals surface area (Å²) in [6.07, 6.45) is 14.0. The van der Waals surface area contributed by atoms with E-state index in [1.54, 1.807) is 11.2 Å². The third kappa shape index (κ3) is 7.55. The van der Waals surface area contributed by atoms with Gasteiger partial charge in [-0.1, -0.05) is 12.5 Å². The van der Waals surface area contributed by atoms with E-state index < -0.39 is 5.60 Å². The Morgan fingerprint density at radius 1 is 1.16 bits per heavy atom. The van der Waals surface area contributed by atoms with Gasteiger partial charge in [-0.2, -0.15) is 5.10 Å². The van der Waals surface area contributed by atoms with Crippen LogP contribution < -0.4 is 11.6 Å². The molecule has 4 N–H and O–H groups in total. The zero-order valence-corrected chi connectivity index (χ0v) is 28.4. The lowest BCUT2D eigenvalue weighted by molar-refractivity contribution is -0.0366. The summed E-state index contributed by atoms with van der Waals surface area (Å²) in [5, 5.41) is 7.18. The predicted octanol–water partition coefficient (Wildman–Crippen LogP) is 6.16. The average Bonchev–Trinajstić information content (AvgIpc) is 3.56. The first kappa shape index (κ1) is 31.6. The average molecular weight is 727 g/mol. The molecule has 12 heteroatoms. The number of nitrogens with two attached hydrogens (primary N) is 2. The molecule has 1 aromatic carbocycles. The molecule has 0 spiro atoms. The molecule has 45 heavy (non-hydrogen) atoms. The Bertz CT molecular complexity index is 1700.